The molecule has 0 fully saturated rings. The van der Waals surface area contributed by atoms with Gasteiger partial charge < -0.3 is 0 Å². The van der Waals surface area contributed by atoms with E-state index < -0.39 is 8.32 Å². The summed E-state index contributed by atoms with van der Waals surface area (Å²) in [4.78, 5) is 0. The van der Waals surface area contributed by atoms with E-state index in [9.17, 15) is 0 Å². The molecule has 0 heterocycles. The second kappa shape index (κ2) is 4.94. The minimum absolute atomic E-state index is 0.711. The van der Waals surface area contributed by atoms with Gasteiger partial charge in [0.1, 0.15) is 0 Å². The summed E-state index contributed by atoms with van der Waals surface area (Å²) in [5.74, 6) is 0. The van der Waals surface area contributed by atoms with Crippen molar-refractivity contribution in [2.24, 2.45) is 0 Å². The Kier molecular flexibility index (Phi) is 5.31. The molecule has 0 unspecified atom stereocenters. The van der Waals surface area contributed by atoms with E-state index in [0.29, 0.717) is 16.6 Å². The average Bonchev–Trinajstić information content (AvgIpc) is 1.86. The first-order valence-electron chi connectivity index (χ1n) is 4.74. The molecular weight excluding hydrogens is 200 g/mol. The maximum atomic E-state index is 5.86. The van der Waals surface area contributed by atoms with Gasteiger partial charge in [-0.25, -0.2) is 0 Å². The van der Waals surface area contributed by atoms with Crippen molar-refractivity contribution in [3.05, 3.63) is 0 Å². The number of hydrogen-bond donors (Lipinski definition) is 0. The van der Waals surface area contributed by atoms with E-state index in [1.807, 2.05) is 20.8 Å². The Morgan fingerprint density at radius 1 is 0.833 bits per heavy atom. The van der Waals surface area contributed by atoms with E-state index in [1.165, 1.54) is 0 Å². The van der Waals surface area contributed by atoms with Crippen molar-refractivity contribution in [3.63, 3.8) is 0 Å². The van der Waals surface area contributed by atoms with Crippen LogP contribution in [-0.4, -0.2) is 8.32 Å². The fourth-order valence-corrected chi connectivity index (χ4v) is 10.4. The average molecular weight is 221 g/mol. The molecule has 0 aliphatic carbocycles. The summed E-state index contributed by atoms with van der Waals surface area (Å²) in [6.07, 6.45) is 0. The summed E-state index contributed by atoms with van der Waals surface area (Å²) in [7, 11) is -1.50. The van der Waals surface area contributed by atoms with E-state index in [0.717, 1.165) is 0 Å². The topological polar surface area (TPSA) is 9.23 Å². The Hall–Kier alpha value is 0.891. The van der Waals surface area contributed by atoms with Gasteiger partial charge in [-0.1, -0.05) is 0 Å². The molecule has 0 aliphatic heterocycles. The quantitative estimate of drug-likeness (QED) is 0.658. The van der Waals surface area contributed by atoms with Gasteiger partial charge in [0.15, 0.2) is 0 Å². The minimum atomic E-state index is -1.50. The van der Waals surface area contributed by atoms with Gasteiger partial charge in [0, 0.05) is 0 Å². The molecule has 0 amide bonds. The molecule has 0 aromatic carbocycles. The Morgan fingerprint density at radius 2 is 1.08 bits per heavy atom. The summed E-state index contributed by atoms with van der Waals surface area (Å²) >= 11 is 1.90. The fraction of sp³-hybridized carbons (Fsp3) is 1.00. The molecule has 0 radical (unpaired) electrons. The van der Waals surface area contributed by atoms with Crippen LogP contribution in [0.2, 0.25) is 16.6 Å². The Labute approximate surface area is 90.3 Å². The first-order chi connectivity index (χ1) is 5.39. The van der Waals surface area contributed by atoms with Crippen LogP contribution in [0.4, 0.5) is 0 Å². The molecule has 0 N–H and O–H groups in total. The predicted octanol–water partition coefficient (Wildman–Crippen LogP) is 3.64. The van der Waals surface area contributed by atoms with E-state index in [1.54, 1.807) is 0 Å². The van der Waals surface area contributed by atoms with Crippen molar-refractivity contribution >= 4 is 8.32 Å². The molecule has 12 heavy (non-hydrogen) atoms. The predicted molar refractivity (Wildman–Crippen MR) is 52.1 cm³/mol. The molecule has 3 heteroatoms. The molecular formula is C9H21OSiTi. The number of hydrogen-bond acceptors (Lipinski definition) is 1. The summed E-state index contributed by atoms with van der Waals surface area (Å²) < 4.78 is 5.86. The third-order valence-electron chi connectivity index (χ3n) is 2.88. The molecule has 0 atom stereocenters. The molecule has 0 bridgehead atoms. The van der Waals surface area contributed by atoms with E-state index >= 15 is 0 Å². The van der Waals surface area contributed by atoms with Crippen molar-refractivity contribution in [1.82, 2.24) is 0 Å². The van der Waals surface area contributed by atoms with E-state index in [-0.39, 0.29) is 0 Å². The third-order valence-corrected chi connectivity index (χ3v) is 10.3. The van der Waals surface area contributed by atoms with Crippen molar-refractivity contribution in [2.75, 3.05) is 0 Å². The molecule has 71 valence electrons. The van der Waals surface area contributed by atoms with Crippen LogP contribution in [0.1, 0.15) is 41.5 Å². The van der Waals surface area contributed by atoms with Crippen LogP contribution in [0.25, 0.3) is 0 Å². The molecule has 0 aromatic rings. The Balaban J connectivity index is 4.77. The summed E-state index contributed by atoms with van der Waals surface area (Å²) in [6, 6.07) is 0. The van der Waals surface area contributed by atoms with Crippen molar-refractivity contribution in [1.29, 1.82) is 0 Å². The molecule has 0 saturated carbocycles. The normalized spacial score (nSPS) is 13.3. The second-order valence-corrected chi connectivity index (χ2v) is 10.8. The van der Waals surface area contributed by atoms with Gasteiger partial charge in [-0.3, -0.25) is 0 Å². The van der Waals surface area contributed by atoms with Gasteiger partial charge >= 0.3 is 90.3 Å². The zero-order chi connectivity index (χ0) is 9.94. The van der Waals surface area contributed by atoms with Crippen LogP contribution in [0, 0.1) is 0 Å². The van der Waals surface area contributed by atoms with Gasteiger partial charge in [-0.15, -0.1) is 0 Å². The Bertz CT molecular complexity index is 113. The maximum absolute atomic E-state index is 5.86. The van der Waals surface area contributed by atoms with Gasteiger partial charge in [-0.2, -0.15) is 0 Å². The first-order valence-corrected chi connectivity index (χ1v) is 7.52. The Morgan fingerprint density at radius 3 is 1.08 bits per heavy atom. The standard InChI is InChI=1S/C9H21OSi.Ti/c1-7(2)11(10,8(3)4)9(5)6;/h7-9H,1-6H3;/q-1;+1. The molecule has 0 spiro atoms. The van der Waals surface area contributed by atoms with Crippen LogP contribution < -0.4 is 0 Å². The van der Waals surface area contributed by atoms with Crippen molar-refractivity contribution in [2.45, 2.75) is 58.2 Å². The molecule has 1 nitrogen and oxygen atoms in total. The van der Waals surface area contributed by atoms with Gasteiger partial charge in [0.25, 0.3) is 0 Å². The summed E-state index contributed by atoms with van der Waals surface area (Å²) in [5, 5.41) is 0. The molecule has 0 aromatic heterocycles. The van der Waals surface area contributed by atoms with Crippen LogP contribution in [-0.2, 0) is 23.8 Å². The number of rotatable bonds is 4. The third kappa shape index (κ3) is 2.22. The fourth-order valence-electron chi connectivity index (χ4n) is 2.35. The second-order valence-electron chi connectivity index (χ2n) is 4.42. The summed E-state index contributed by atoms with van der Waals surface area (Å²) in [5.41, 5.74) is 2.13. The van der Waals surface area contributed by atoms with Gasteiger partial charge in [0.05, 0.1) is 0 Å². The molecule has 0 aliphatic rings. The van der Waals surface area contributed by atoms with Gasteiger partial charge in [-0.05, 0) is 0 Å². The zero-order valence-corrected chi connectivity index (χ0v) is 11.7. The van der Waals surface area contributed by atoms with Crippen molar-refractivity contribution in [3.8, 4) is 0 Å². The van der Waals surface area contributed by atoms with Crippen molar-refractivity contribution < 1.29 is 23.8 Å². The first kappa shape index (κ1) is 12.9. The van der Waals surface area contributed by atoms with Crippen LogP contribution >= 0.6 is 0 Å². The van der Waals surface area contributed by atoms with Crippen LogP contribution in [0.3, 0.4) is 0 Å². The van der Waals surface area contributed by atoms with Gasteiger partial charge in [0.2, 0.25) is 0 Å². The molecule has 0 saturated heterocycles. The van der Waals surface area contributed by atoms with Crippen LogP contribution in [0.15, 0.2) is 0 Å². The zero-order valence-electron chi connectivity index (χ0n) is 9.14. The van der Waals surface area contributed by atoms with E-state index in [4.69, 9.17) is 3.01 Å². The molecule has 0 rings (SSSR count). The summed E-state index contributed by atoms with van der Waals surface area (Å²) in [6.45, 7) is 13.8. The van der Waals surface area contributed by atoms with Crippen LogP contribution in [0.5, 0.6) is 0 Å². The van der Waals surface area contributed by atoms with E-state index in [2.05, 4.69) is 41.5 Å². The monoisotopic (exact) mass is 221 g/mol. The SMILES string of the molecule is CC(C)[Si]([O][Ti])(C(C)C)C(C)C.